The zero-order valence-electron chi connectivity index (χ0n) is 6.88. The Kier molecular flexibility index (Phi) is 7.59. The Morgan fingerprint density at radius 2 is 1.83 bits per heavy atom. The minimum absolute atomic E-state index is 0. The van der Waals surface area contributed by atoms with Gasteiger partial charge < -0.3 is 4.89 Å². The van der Waals surface area contributed by atoms with Crippen molar-refractivity contribution in [2.75, 3.05) is 6.16 Å². The second kappa shape index (κ2) is 7.16. The van der Waals surface area contributed by atoms with Crippen LogP contribution in [0.25, 0.3) is 0 Å². The highest BCUT2D eigenvalue weighted by Gasteiger charge is 2.13. The minimum Gasteiger partial charge on any atom is -0.346 e. The maximum Gasteiger partial charge on any atom is 0.189 e. The largest absolute Gasteiger partial charge is 0.346 e. The molecule has 0 amide bonds. The van der Waals surface area contributed by atoms with Gasteiger partial charge in [-0.25, -0.2) is 0 Å². The number of hydrogen-bond acceptors (Lipinski definition) is 1. The van der Waals surface area contributed by atoms with Crippen LogP contribution in [0.1, 0.15) is 38.5 Å². The molecule has 1 aliphatic carbocycles. The summed E-state index contributed by atoms with van der Waals surface area (Å²) in [6.45, 7) is 0. The van der Waals surface area contributed by atoms with Crippen molar-refractivity contribution in [3.05, 3.63) is 0 Å². The van der Waals surface area contributed by atoms with Crippen LogP contribution in [0.2, 0.25) is 0 Å². The van der Waals surface area contributed by atoms with Crippen LogP contribution in [0, 0.1) is 5.92 Å². The standard InChI is InChI=1S/C8H17O2P.Al.3H/c9-11(10)7-6-8-4-2-1-3-5-8;;;;/h8,11H,1-7H2,(H,9,10);;;;. The van der Waals surface area contributed by atoms with E-state index in [0.29, 0.717) is 6.16 Å². The van der Waals surface area contributed by atoms with Gasteiger partial charge >= 0.3 is 0 Å². The topological polar surface area (TPSA) is 37.3 Å². The Morgan fingerprint density at radius 1 is 1.25 bits per heavy atom. The van der Waals surface area contributed by atoms with Crippen LogP contribution in [-0.2, 0) is 4.57 Å². The van der Waals surface area contributed by atoms with E-state index in [-0.39, 0.29) is 17.4 Å². The molecule has 1 rings (SSSR count). The van der Waals surface area contributed by atoms with Gasteiger partial charge in [0.15, 0.2) is 25.4 Å². The van der Waals surface area contributed by atoms with Gasteiger partial charge in [-0.1, -0.05) is 32.1 Å². The first kappa shape index (κ1) is 12.7. The first-order chi connectivity index (χ1) is 5.29. The zero-order valence-corrected chi connectivity index (χ0v) is 7.88. The molecule has 0 aromatic rings. The average molecular weight is 206 g/mol. The fourth-order valence-corrected chi connectivity index (χ4v) is 2.46. The quantitative estimate of drug-likeness (QED) is 0.557. The van der Waals surface area contributed by atoms with Crippen LogP contribution in [0.3, 0.4) is 0 Å². The summed E-state index contributed by atoms with van der Waals surface area (Å²) in [5.41, 5.74) is 0. The summed E-state index contributed by atoms with van der Waals surface area (Å²) < 4.78 is 10.4. The molecule has 0 aromatic carbocycles. The second-order valence-electron chi connectivity index (χ2n) is 3.44. The van der Waals surface area contributed by atoms with Gasteiger partial charge in [-0.2, -0.15) is 0 Å². The molecule has 1 unspecified atom stereocenters. The van der Waals surface area contributed by atoms with E-state index in [1.165, 1.54) is 32.1 Å². The van der Waals surface area contributed by atoms with Gasteiger partial charge in [0.1, 0.15) is 0 Å². The normalized spacial score (nSPS) is 21.4. The molecular formula is C8H20AlO2P. The minimum atomic E-state index is -2.18. The van der Waals surface area contributed by atoms with Gasteiger partial charge in [-0.05, 0) is 12.3 Å². The molecule has 0 aliphatic heterocycles. The van der Waals surface area contributed by atoms with Crippen molar-refractivity contribution >= 4 is 25.4 Å². The Bertz CT molecular complexity index is 135. The molecule has 4 heteroatoms. The molecule has 12 heavy (non-hydrogen) atoms. The molecule has 0 saturated heterocycles. The lowest BCUT2D eigenvalue weighted by molar-refractivity contribution is 0.348. The summed E-state index contributed by atoms with van der Waals surface area (Å²) >= 11 is 0. The van der Waals surface area contributed by atoms with Crippen molar-refractivity contribution in [3.8, 4) is 0 Å². The Morgan fingerprint density at radius 3 is 2.33 bits per heavy atom. The van der Waals surface area contributed by atoms with E-state index in [4.69, 9.17) is 4.89 Å². The summed E-state index contributed by atoms with van der Waals surface area (Å²) in [6, 6.07) is 0. The molecule has 1 atom stereocenters. The summed E-state index contributed by atoms with van der Waals surface area (Å²) in [6.07, 6.45) is 8.13. The van der Waals surface area contributed by atoms with Gasteiger partial charge in [-0.3, -0.25) is 4.57 Å². The Hall–Kier alpha value is 0.722. The van der Waals surface area contributed by atoms with E-state index in [1.807, 2.05) is 0 Å². The molecule has 1 N–H and O–H groups in total. The smallest absolute Gasteiger partial charge is 0.189 e. The molecule has 1 saturated carbocycles. The van der Waals surface area contributed by atoms with Crippen LogP contribution in [0.5, 0.6) is 0 Å². The molecule has 1 fully saturated rings. The van der Waals surface area contributed by atoms with Crippen molar-refractivity contribution in [2.24, 2.45) is 5.92 Å². The summed E-state index contributed by atoms with van der Waals surface area (Å²) in [5, 5.41) is 0. The maximum atomic E-state index is 10.4. The third kappa shape index (κ3) is 5.38. The second-order valence-corrected chi connectivity index (χ2v) is 4.72. The average Bonchev–Trinajstić information content (AvgIpc) is 2.03. The zero-order chi connectivity index (χ0) is 8.10. The molecule has 2 nitrogen and oxygen atoms in total. The van der Waals surface area contributed by atoms with Gasteiger partial charge in [0.25, 0.3) is 0 Å². The van der Waals surface area contributed by atoms with Gasteiger partial charge in [-0.15, -0.1) is 0 Å². The highest BCUT2D eigenvalue weighted by atomic mass is 31.1. The third-order valence-electron chi connectivity index (χ3n) is 2.49. The lowest BCUT2D eigenvalue weighted by Crippen LogP contribution is -2.06. The van der Waals surface area contributed by atoms with E-state index in [0.717, 1.165) is 12.3 Å². The van der Waals surface area contributed by atoms with Crippen molar-refractivity contribution < 1.29 is 9.46 Å². The summed E-state index contributed by atoms with van der Waals surface area (Å²) in [4.78, 5) is 8.63. The van der Waals surface area contributed by atoms with E-state index in [9.17, 15) is 4.57 Å². The van der Waals surface area contributed by atoms with Gasteiger partial charge in [0.05, 0.1) is 0 Å². The summed E-state index contributed by atoms with van der Waals surface area (Å²) in [7, 11) is -2.18. The molecule has 0 spiro atoms. The maximum absolute atomic E-state index is 10.4. The molecule has 72 valence electrons. The highest BCUT2D eigenvalue weighted by molar-refractivity contribution is 7.37. The number of rotatable bonds is 3. The fourth-order valence-electron chi connectivity index (χ4n) is 1.80. The predicted molar refractivity (Wildman–Crippen MR) is 57.2 cm³/mol. The van der Waals surface area contributed by atoms with Crippen LogP contribution in [0.4, 0.5) is 0 Å². The molecule has 0 heterocycles. The van der Waals surface area contributed by atoms with Crippen LogP contribution in [-0.4, -0.2) is 28.4 Å². The molecule has 0 bridgehead atoms. The van der Waals surface area contributed by atoms with E-state index < -0.39 is 8.03 Å². The van der Waals surface area contributed by atoms with Crippen molar-refractivity contribution in [1.29, 1.82) is 0 Å². The fraction of sp³-hybridized carbons (Fsp3) is 1.00. The molecule has 0 radical (unpaired) electrons. The lowest BCUT2D eigenvalue weighted by Gasteiger charge is -2.20. The monoisotopic (exact) mass is 206 g/mol. The molecular weight excluding hydrogens is 186 g/mol. The van der Waals surface area contributed by atoms with Crippen LogP contribution < -0.4 is 0 Å². The van der Waals surface area contributed by atoms with Crippen molar-refractivity contribution in [2.45, 2.75) is 38.5 Å². The van der Waals surface area contributed by atoms with Gasteiger partial charge in [0, 0.05) is 6.16 Å². The van der Waals surface area contributed by atoms with Crippen LogP contribution >= 0.6 is 8.03 Å². The van der Waals surface area contributed by atoms with E-state index >= 15 is 0 Å². The van der Waals surface area contributed by atoms with Crippen LogP contribution in [0.15, 0.2) is 0 Å². The molecule has 0 aromatic heterocycles. The predicted octanol–water partition coefficient (Wildman–Crippen LogP) is 1.24. The first-order valence-corrected chi connectivity index (χ1v) is 6.07. The Labute approximate surface area is 85.7 Å². The Balaban J connectivity index is 0.00000121. The number of hydrogen-bond donors (Lipinski definition) is 1. The highest BCUT2D eigenvalue weighted by Crippen LogP contribution is 2.29. The van der Waals surface area contributed by atoms with Crippen molar-refractivity contribution in [3.63, 3.8) is 0 Å². The van der Waals surface area contributed by atoms with E-state index in [1.54, 1.807) is 0 Å². The molecule has 1 aliphatic rings. The van der Waals surface area contributed by atoms with E-state index in [2.05, 4.69) is 0 Å². The SMILES string of the molecule is O=[PH](O)CCC1CCCCC1.[AlH3]. The van der Waals surface area contributed by atoms with Crippen molar-refractivity contribution in [1.82, 2.24) is 0 Å². The first-order valence-electron chi connectivity index (χ1n) is 4.51. The summed E-state index contributed by atoms with van der Waals surface area (Å²) in [5.74, 6) is 0.754. The lowest BCUT2D eigenvalue weighted by atomic mass is 9.88. The van der Waals surface area contributed by atoms with Gasteiger partial charge in [0.2, 0.25) is 0 Å². The third-order valence-corrected chi connectivity index (χ3v) is 3.21.